The number of rotatable bonds is 16. The zero-order chi connectivity index (χ0) is 32.8. The Morgan fingerprint density at radius 2 is 1.66 bits per heavy atom. The van der Waals surface area contributed by atoms with E-state index in [-0.39, 0.29) is 22.6 Å². The number of ether oxygens (including phenoxy) is 1. The number of hydrogen-bond donors (Lipinski definition) is 5. The summed E-state index contributed by atoms with van der Waals surface area (Å²) in [6, 6.07) is 21.2. The number of carbonyl (C=O) groups is 2. The van der Waals surface area contributed by atoms with E-state index in [9.17, 15) is 19.5 Å². The van der Waals surface area contributed by atoms with Crippen molar-refractivity contribution in [3.05, 3.63) is 82.0 Å². The van der Waals surface area contributed by atoms with Crippen LogP contribution in [-0.2, 0) is 16.0 Å². The monoisotopic (exact) mass is 659 g/mol. The van der Waals surface area contributed by atoms with Crippen molar-refractivity contribution in [2.24, 2.45) is 0 Å². The van der Waals surface area contributed by atoms with Crippen LogP contribution in [-0.4, -0.2) is 72.4 Å². The van der Waals surface area contributed by atoms with E-state index in [2.05, 4.69) is 25.8 Å². The molecular weight excluding hydrogens is 614 g/mol. The second-order valence-corrected chi connectivity index (χ2v) is 12.9. The first-order chi connectivity index (χ1) is 23.0. The highest BCUT2D eigenvalue weighted by Gasteiger charge is 2.23. The van der Waals surface area contributed by atoms with E-state index in [1.165, 1.54) is 0 Å². The van der Waals surface area contributed by atoms with Gasteiger partial charge in [0, 0.05) is 38.2 Å². The van der Waals surface area contributed by atoms with Crippen LogP contribution in [0.15, 0.2) is 71.5 Å². The van der Waals surface area contributed by atoms with Gasteiger partial charge in [0.25, 0.3) is 0 Å². The van der Waals surface area contributed by atoms with Gasteiger partial charge in [0.1, 0.15) is 17.4 Å². The number of benzene rings is 3. The summed E-state index contributed by atoms with van der Waals surface area (Å²) in [7, 11) is 0. The summed E-state index contributed by atoms with van der Waals surface area (Å²) in [6.07, 6.45) is 6.39. The Labute approximate surface area is 279 Å². The molecule has 0 unspecified atom stereocenters. The molecule has 1 saturated heterocycles. The van der Waals surface area contributed by atoms with Crippen molar-refractivity contribution >= 4 is 39.2 Å². The van der Waals surface area contributed by atoms with Crippen molar-refractivity contribution in [1.29, 1.82) is 0 Å². The second kappa shape index (κ2) is 17.7. The Morgan fingerprint density at radius 1 is 0.915 bits per heavy atom. The van der Waals surface area contributed by atoms with E-state index >= 15 is 0 Å². The summed E-state index contributed by atoms with van der Waals surface area (Å²) in [5.41, 5.74) is 4.30. The number of likely N-dealkylation sites (tertiary alicyclic amines) is 1. The number of para-hydroxylation sites is 1. The molecule has 2 amide bonds. The number of fused-ring (bicyclic) bond motifs is 1. The molecule has 5 N–H and O–H groups in total. The number of unbranched alkanes of at least 4 members (excludes halogenated alkanes) is 3. The number of anilines is 1. The Morgan fingerprint density at radius 3 is 2.47 bits per heavy atom. The number of phenolic OH excluding ortho intramolecular Hbond substituents is 1. The van der Waals surface area contributed by atoms with Gasteiger partial charge in [0.2, 0.25) is 5.91 Å². The first-order valence-electron chi connectivity index (χ1n) is 16.6. The predicted octanol–water partition coefficient (Wildman–Crippen LogP) is 5.87. The predicted molar refractivity (Wildman–Crippen MR) is 188 cm³/mol. The van der Waals surface area contributed by atoms with Crippen LogP contribution in [0.5, 0.6) is 5.75 Å². The summed E-state index contributed by atoms with van der Waals surface area (Å²) in [4.78, 5) is 41.5. The molecule has 1 aliphatic rings. The number of thiazole rings is 1. The van der Waals surface area contributed by atoms with E-state index in [1.807, 2.05) is 60.7 Å². The van der Waals surface area contributed by atoms with E-state index in [0.717, 1.165) is 110 Å². The van der Waals surface area contributed by atoms with Gasteiger partial charge in [-0.2, -0.15) is 0 Å². The van der Waals surface area contributed by atoms with E-state index in [4.69, 9.17) is 4.74 Å². The van der Waals surface area contributed by atoms with E-state index in [0.29, 0.717) is 25.0 Å². The second-order valence-electron chi connectivity index (χ2n) is 12.0. The van der Waals surface area contributed by atoms with Crippen LogP contribution in [0.25, 0.3) is 21.3 Å². The number of aromatic nitrogens is 1. The van der Waals surface area contributed by atoms with Gasteiger partial charge in [0.15, 0.2) is 0 Å². The molecule has 47 heavy (non-hydrogen) atoms. The van der Waals surface area contributed by atoms with Gasteiger partial charge in [-0.15, -0.1) is 0 Å². The molecule has 0 atom stereocenters. The number of aromatic hydroxyl groups is 1. The van der Waals surface area contributed by atoms with Gasteiger partial charge in [-0.3, -0.25) is 14.9 Å². The van der Waals surface area contributed by atoms with Crippen LogP contribution in [0, 0.1) is 0 Å². The fourth-order valence-electron chi connectivity index (χ4n) is 5.93. The fourth-order valence-corrected chi connectivity index (χ4v) is 6.82. The van der Waals surface area contributed by atoms with Crippen LogP contribution in [0.2, 0.25) is 0 Å². The van der Waals surface area contributed by atoms with E-state index in [1.54, 1.807) is 6.07 Å². The maximum absolute atomic E-state index is 12.7. The molecular formula is C36H45N5O5S. The maximum atomic E-state index is 12.7. The molecule has 0 bridgehead atoms. The zero-order valence-electron chi connectivity index (χ0n) is 26.8. The molecule has 1 fully saturated rings. The number of aromatic amines is 1. The SMILES string of the molecule is O=C(CCN1CCC(OC(=O)Nc2ccccc2-c2ccccc2)CC1)NCCCCCCNCCc1ccc(O)c2[nH]c(=O)sc12. The number of nitrogens with zero attached hydrogens (tertiary/aromatic N) is 1. The molecule has 2 heterocycles. The van der Waals surface area contributed by atoms with Gasteiger partial charge < -0.3 is 30.4 Å². The smallest absolute Gasteiger partial charge is 0.411 e. The van der Waals surface area contributed by atoms with Crippen molar-refractivity contribution < 1.29 is 19.4 Å². The number of piperidine rings is 1. The highest BCUT2D eigenvalue weighted by Crippen LogP contribution is 2.29. The van der Waals surface area contributed by atoms with Crippen LogP contribution < -0.4 is 20.8 Å². The van der Waals surface area contributed by atoms with Gasteiger partial charge in [-0.05, 0) is 68.5 Å². The molecule has 0 spiro atoms. The highest BCUT2D eigenvalue weighted by molar-refractivity contribution is 7.16. The van der Waals surface area contributed by atoms with Crippen LogP contribution in [0.4, 0.5) is 10.5 Å². The minimum absolute atomic E-state index is 0.0808. The summed E-state index contributed by atoms with van der Waals surface area (Å²) in [6.45, 7) is 4.73. The van der Waals surface area contributed by atoms with Crippen LogP contribution in [0.3, 0.4) is 0 Å². The number of phenols is 1. The van der Waals surface area contributed by atoms with Gasteiger partial charge in [0.05, 0.1) is 10.4 Å². The molecule has 4 aromatic rings. The average Bonchev–Trinajstić information content (AvgIpc) is 3.49. The number of H-pyrrole nitrogens is 1. The first kappa shape index (κ1) is 34.2. The van der Waals surface area contributed by atoms with Gasteiger partial charge in [-0.25, -0.2) is 4.79 Å². The molecule has 5 rings (SSSR count). The third-order valence-electron chi connectivity index (χ3n) is 8.52. The normalized spacial score (nSPS) is 13.9. The molecule has 1 aliphatic heterocycles. The van der Waals surface area contributed by atoms with Crippen molar-refractivity contribution in [3.63, 3.8) is 0 Å². The Bertz CT molecular complexity index is 1650. The third kappa shape index (κ3) is 10.4. The molecule has 1 aromatic heterocycles. The fraction of sp³-hybridized carbons (Fsp3) is 0.417. The first-order valence-corrected chi connectivity index (χ1v) is 17.4. The van der Waals surface area contributed by atoms with Crippen molar-refractivity contribution in [3.8, 4) is 16.9 Å². The molecule has 3 aromatic carbocycles. The summed E-state index contributed by atoms with van der Waals surface area (Å²) in [5, 5.41) is 19.3. The summed E-state index contributed by atoms with van der Waals surface area (Å²) in [5.74, 6) is 0.191. The Kier molecular flexibility index (Phi) is 12.8. The van der Waals surface area contributed by atoms with E-state index < -0.39 is 6.09 Å². The van der Waals surface area contributed by atoms with Crippen LogP contribution >= 0.6 is 11.3 Å². The number of hydrogen-bond acceptors (Lipinski definition) is 8. The number of nitrogens with one attached hydrogen (secondary N) is 4. The molecule has 10 nitrogen and oxygen atoms in total. The standard InChI is InChI=1S/C36H45N5O5S/c42-31-15-14-27(34-33(31)40-36(45)47-34)16-22-37-20-8-1-2-9-21-38-32(43)19-25-41-23-17-28(18-24-41)46-35(44)39-30-13-7-6-12-29(30)26-10-4-3-5-11-26/h3-7,10-15,28,37,42H,1-2,8-9,16-25H2,(H,38,43)(H,39,44)(H,40,45). The maximum Gasteiger partial charge on any atom is 0.411 e. The summed E-state index contributed by atoms with van der Waals surface area (Å²) < 4.78 is 6.56. The minimum Gasteiger partial charge on any atom is -0.506 e. The number of amides is 2. The van der Waals surface area contributed by atoms with Gasteiger partial charge >= 0.3 is 11.0 Å². The lowest BCUT2D eigenvalue weighted by Crippen LogP contribution is -2.40. The Hall–Kier alpha value is -4.19. The van der Waals surface area contributed by atoms with Crippen LogP contribution in [0.1, 0.15) is 50.5 Å². The van der Waals surface area contributed by atoms with Crippen molar-refractivity contribution in [1.82, 2.24) is 20.5 Å². The quantitative estimate of drug-likeness (QED) is 0.0949. The lowest BCUT2D eigenvalue weighted by Gasteiger charge is -2.31. The molecule has 11 heteroatoms. The summed E-state index contributed by atoms with van der Waals surface area (Å²) >= 11 is 1.14. The number of carbonyl (C=O) groups excluding carboxylic acids is 2. The minimum atomic E-state index is -0.437. The van der Waals surface area contributed by atoms with Crippen molar-refractivity contribution in [2.75, 3.05) is 44.6 Å². The zero-order valence-corrected chi connectivity index (χ0v) is 27.6. The Balaban J connectivity index is 0.867. The molecule has 0 saturated carbocycles. The largest absolute Gasteiger partial charge is 0.506 e. The average molecular weight is 660 g/mol. The topological polar surface area (TPSA) is 136 Å². The lowest BCUT2D eigenvalue weighted by molar-refractivity contribution is -0.121. The van der Waals surface area contributed by atoms with Crippen molar-refractivity contribution in [2.45, 2.75) is 57.5 Å². The molecule has 0 radical (unpaired) electrons. The molecule has 250 valence electrons. The lowest BCUT2D eigenvalue weighted by atomic mass is 10.0. The molecule has 0 aliphatic carbocycles. The highest BCUT2D eigenvalue weighted by atomic mass is 32.1. The third-order valence-corrected chi connectivity index (χ3v) is 9.48. The van der Waals surface area contributed by atoms with Gasteiger partial charge in [-0.1, -0.05) is 78.8 Å².